The van der Waals surface area contributed by atoms with Gasteiger partial charge in [0.1, 0.15) is 6.21 Å². The third-order valence-electron chi connectivity index (χ3n) is 0.295. The van der Waals surface area contributed by atoms with Crippen LogP contribution in [0, 0.1) is 6.67 Å². The van der Waals surface area contributed by atoms with Crippen molar-refractivity contribution in [1.29, 1.82) is 0 Å². The smallest absolute Gasteiger partial charge is 0.250 e. The van der Waals surface area contributed by atoms with E-state index in [0.717, 1.165) is 0 Å². The molecule has 0 fully saturated rings. The highest BCUT2D eigenvalue weighted by Crippen LogP contribution is 1.81. The van der Waals surface area contributed by atoms with Crippen LogP contribution < -0.4 is 0 Å². The summed E-state index contributed by atoms with van der Waals surface area (Å²) in [7, 11) is 0. The number of aliphatic imine (C=N–C) groups is 2. The van der Waals surface area contributed by atoms with E-state index in [0.29, 0.717) is 0 Å². The molecule has 1 aliphatic rings. The van der Waals surface area contributed by atoms with Crippen molar-refractivity contribution in [2.45, 2.75) is 0 Å². The fourth-order valence-electron chi connectivity index (χ4n) is 0.144. The zero-order valence-corrected chi connectivity index (χ0v) is 2.47. The van der Waals surface area contributed by atoms with Gasteiger partial charge in [0.2, 0.25) is 6.67 Å². The maximum atomic E-state index is 3.43. The van der Waals surface area contributed by atoms with Gasteiger partial charge in [-0.1, -0.05) is 0 Å². The van der Waals surface area contributed by atoms with E-state index in [2.05, 4.69) is 22.9 Å². The molecule has 1 heterocycles. The molecular weight excluding hydrogens is 64.0 g/mol. The van der Waals surface area contributed by atoms with E-state index in [1.54, 1.807) is 0 Å². The molecule has 0 aromatic rings. The van der Waals surface area contributed by atoms with Crippen molar-refractivity contribution < 1.29 is 0 Å². The van der Waals surface area contributed by atoms with Gasteiger partial charge in [-0.15, -0.1) is 0 Å². The van der Waals surface area contributed by atoms with Gasteiger partial charge in [0, 0.05) is 0 Å². The van der Waals surface area contributed by atoms with Crippen LogP contribution in [0.25, 0.3) is 0 Å². The van der Waals surface area contributed by atoms with Crippen LogP contribution in [0.15, 0.2) is 9.98 Å². The fraction of sp³-hybridized carbons (Fsp3) is 0. The van der Waals surface area contributed by atoms with E-state index in [4.69, 9.17) is 0 Å². The summed E-state index contributed by atoms with van der Waals surface area (Å²) >= 11 is 0. The van der Waals surface area contributed by atoms with Gasteiger partial charge in [0.25, 0.3) is 0 Å². The Morgan fingerprint density at radius 2 is 2.60 bits per heavy atom. The quantitative estimate of drug-likeness (QED) is 0.380. The highest BCUT2D eigenvalue weighted by Gasteiger charge is 1.78. The molecule has 0 aliphatic carbocycles. The molecule has 3 radical (unpaired) electrons. The summed E-state index contributed by atoms with van der Waals surface area (Å²) < 4.78 is 0. The lowest BCUT2D eigenvalue weighted by atomic mass is 10.9. The van der Waals surface area contributed by atoms with Gasteiger partial charge in [0.15, 0.2) is 0 Å². The summed E-state index contributed by atoms with van der Waals surface area (Å²) in [5.74, 6) is 0. The Balaban J connectivity index is 2.61. The Hall–Kier alpha value is -0.660. The monoisotopic (exact) mass is 65.0 g/mol. The summed E-state index contributed by atoms with van der Waals surface area (Å²) in [6, 6.07) is 0. The first-order chi connectivity index (χ1) is 2.50. The maximum Gasteiger partial charge on any atom is 0.250 e. The Kier molecular flexibility index (Phi) is 0.499. The summed E-state index contributed by atoms with van der Waals surface area (Å²) in [5.41, 5.74) is 0. The normalized spacial score (nSPS) is 17.6. The molecule has 1 aliphatic heterocycles. The third-order valence-corrected chi connectivity index (χ3v) is 0.295. The zero-order valence-electron chi connectivity index (χ0n) is 2.47. The molecule has 23 valence electrons. The molecule has 0 aromatic carbocycles. The first kappa shape index (κ1) is 2.57. The summed E-state index contributed by atoms with van der Waals surface area (Å²) in [4.78, 5) is 6.79. The highest BCUT2D eigenvalue weighted by atomic mass is 14.9. The SMILES string of the molecule is [C]1N=[C]C=N1. The van der Waals surface area contributed by atoms with Gasteiger partial charge >= 0.3 is 0 Å². The predicted octanol–water partition coefficient (Wildman–Crippen LogP) is 0.0149. The molecule has 0 bridgehead atoms. The van der Waals surface area contributed by atoms with Crippen molar-refractivity contribution in [2.75, 3.05) is 0 Å². The van der Waals surface area contributed by atoms with E-state index in [1.807, 2.05) is 0 Å². The van der Waals surface area contributed by atoms with Gasteiger partial charge in [-0.2, -0.15) is 0 Å². The molecule has 0 unspecified atom stereocenters. The second-order valence-electron chi connectivity index (χ2n) is 0.599. The van der Waals surface area contributed by atoms with E-state index < -0.39 is 0 Å². The van der Waals surface area contributed by atoms with Crippen LogP contribution in [-0.4, -0.2) is 12.4 Å². The summed E-state index contributed by atoms with van der Waals surface area (Å²) in [5, 5.41) is 0. The topological polar surface area (TPSA) is 24.7 Å². The molecule has 0 atom stereocenters. The van der Waals surface area contributed by atoms with Gasteiger partial charge in [0.05, 0.1) is 6.21 Å². The second-order valence-corrected chi connectivity index (χ2v) is 0.599. The van der Waals surface area contributed by atoms with Crippen LogP contribution in [0.2, 0.25) is 0 Å². The molecule has 0 amide bonds. The minimum Gasteiger partial charge on any atom is -0.252 e. The standard InChI is InChI=1S/C3HN2/c1-2-5-3-4-1/h1H. The molecule has 2 heteroatoms. The Morgan fingerprint density at radius 3 is 2.80 bits per heavy atom. The minimum absolute atomic E-state index is 1.46. The van der Waals surface area contributed by atoms with Gasteiger partial charge in [-0.3, -0.25) is 4.99 Å². The molecule has 0 N–H and O–H groups in total. The van der Waals surface area contributed by atoms with E-state index in [9.17, 15) is 0 Å². The summed E-state index contributed by atoms with van der Waals surface area (Å²) in [6.45, 7) is 2.31. The molecule has 0 saturated heterocycles. The number of nitrogens with zero attached hydrogens (tertiary/aromatic N) is 2. The Morgan fingerprint density at radius 1 is 1.60 bits per heavy atom. The van der Waals surface area contributed by atoms with Gasteiger partial charge in [-0.05, 0) is 0 Å². The average molecular weight is 65.1 g/mol. The van der Waals surface area contributed by atoms with Crippen molar-refractivity contribution >= 4 is 12.4 Å². The molecule has 2 nitrogen and oxygen atoms in total. The molecule has 0 aromatic heterocycles. The first-order valence-electron chi connectivity index (χ1n) is 1.22. The average Bonchev–Trinajstić information content (AvgIpc) is 1.76. The maximum absolute atomic E-state index is 3.43. The fourth-order valence-corrected chi connectivity index (χ4v) is 0.144. The largest absolute Gasteiger partial charge is 0.252 e. The van der Waals surface area contributed by atoms with Crippen molar-refractivity contribution in [3.63, 3.8) is 0 Å². The van der Waals surface area contributed by atoms with Crippen LogP contribution in [0.3, 0.4) is 0 Å². The van der Waals surface area contributed by atoms with E-state index in [-0.39, 0.29) is 0 Å². The van der Waals surface area contributed by atoms with E-state index in [1.165, 1.54) is 6.21 Å². The van der Waals surface area contributed by atoms with Crippen molar-refractivity contribution in [1.82, 2.24) is 0 Å². The third kappa shape index (κ3) is 0.318. The van der Waals surface area contributed by atoms with E-state index >= 15 is 0 Å². The predicted molar refractivity (Wildman–Crippen MR) is 19.2 cm³/mol. The number of rotatable bonds is 0. The Bertz CT molecular complexity index is 63.0. The van der Waals surface area contributed by atoms with Crippen molar-refractivity contribution in [3.05, 3.63) is 6.67 Å². The molecule has 5 heavy (non-hydrogen) atoms. The minimum atomic E-state index is 1.46. The molecular formula is C3HN2. The van der Waals surface area contributed by atoms with Crippen LogP contribution in [0.5, 0.6) is 0 Å². The molecule has 0 saturated carbocycles. The van der Waals surface area contributed by atoms with Crippen LogP contribution >= 0.6 is 0 Å². The van der Waals surface area contributed by atoms with Crippen molar-refractivity contribution in [3.8, 4) is 0 Å². The van der Waals surface area contributed by atoms with Crippen molar-refractivity contribution in [2.24, 2.45) is 9.98 Å². The number of hydrogen-bond donors (Lipinski definition) is 0. The lowest BCUT2D eigenvalue weighted by molar-refractivity contribution is 1.30. The first-order valence-corrected chi connectivity index (χ1v) is 1.22. The summed E-state index contributed by atoms with van der Waals surface area (Å²) in [6.07, 6.45) is 3.90. The van der Waals surface area contributed by atoms with Crippen LogP contribution in [0.4, 0.5) is 0 Å². The second kappa shape index (κ2) is 0.971. The molecule has 0 spiro atoms. The van der Waals surface area contributed by atoms with Crippen LogP contribution in [-0.2, 0) is 0 Å². The lowest BCUT2D eigenvalue weighted by Gasteiger charge is -1.55. The van der Waals surface area contributed by atoms with Gasteiger partial charge in [-0.25, -0.2) is 4.99 Å². The number of hydrogen-bond acceptors (Lipinski definition) is 2. The molecule has 1 rings (SSSR count). The Labute approximate surface area is 30.3 Å². The van der Waals surface area contributed by atoms with Crippen LogP contribution in [0.1, 0.15) is 0 Å². The lowest BCUT2D eigenvalue weighted by Crippen LogP contribution is -1.56. The highest BCUT2D eigenvalue weighted by molar-refractivity contribution is 6.17. The van der Waals surface area contributed by atoms with Gasteiger partial charge < -0.3 is 0 Å². The zero-order chi connectivity index (χ0) is 3.54.